The van der Waals surface area contributed by atoms with E-state index in [0.717, 1.165) is 12.1 Å². The Labute approximate surface area is 134 Å². The fraction of sp³-hybridized carbons (Fsp3) is 0.200. The van der Waals surface area contributed by atoms with Crippen LogP contribution in [0.2, 0.25) is 0 Å². The third-order valence-corrected chi connectivity index (χ3v) is 3.20. The molecule has 0 atom stereocenters. The second-order valence-electron chi connectivity index (χ2n) is 4.82. The van der Waals surface area contributed by atoms with Gasteiger partial charge in [0.15, 0.2) is 11.6 Å². The largest absolute Gasteiger partial charge is 0.383 e. The van der Waals surface area contributed by atoms with Gasteiger partial charge in [-0.25, -0.2) is 13.5 Å². The Hall–Kier alpha value is -2.94. The van der Waals surface area contributed by atoms with Crippen LogP contribution in [-0.2, 0) is 11.3 Å². The average Bonchev–Trinajstić information content (AvgIpc) is 3.06. The molecule has 0 aliphatic carbocycles. The molecule has 0 amide bonds. The molecule has 0 radical (unpaired) electrons. The van der Waals surface area contributed by atoms with Crippen molar-refractivity contribution >= 4 is 0 Å². The average molecular weight is 334 g/mol. The van der Waals surface area contributed by atoms with Crippen LogP contribution >= 0.6 is 0 Å². The Morgan fingerprint density at radius 3 is 2.79 bits per heavy atom. The van der Waals surface area contributed by atoms with E-state index < -0.39 is 11.6 Å². The van der Waals surface area contributed by atoms with Crippen molar-refractivity contribution in [2.45, 2.75) is 6.54 Å². The maximum absolute atomic E-state index is 13.3. The van der Waals surface area contributed by atoms with Crippen molar-refractivity contribution in [3.63, 3.8) is 0 Å². The van der Waals surface area contributed by atoms with Crippen LogP contribution in [-0.4, -0.2) is 33.6 Å². The lowest BCUT2D eigenvalue weighted by atomic mass is 10.2. The topological polar surface area (TPSA) is 83.0 Å². The number of hydrogen-bond acceptors (Lipinski definition) is 6. The molecule has 0 spiro atoms. The fourth-order valence-electron chi connectivity index (χ4n) is 1.98. The number of methoxy groups -OCH3 is 1. The van der Waals surface area contributed by atoms with Crippen molar-refractivity contribution in [3.8, 4) is 23.0 Å². The van der Waals surface area contributed by atoms with Crippen LogP contribution in [0.3, 0.4) is 0 Å². The normalized spacial score (nSPS) is 11.0. The second kappa shape index (κ2) is 6.67. The number of aromatic nitrogens is 4. The summed E-state index contributed by atoms with van der Waals surface area (Å²) in [6.07, 6.45) is 0. The third-order valence-electron chi connectivity index (χ3n) is 3.20. The molecule has 2 heterocycles. The van der Waals surface area contributed by atoms with Gasteiger partial charge >= 0.3 is 0 Å². The highest BCUT2D eigenvalue weighted by molar-refractivity contribution is 5.57. The fourth-order valence-corrected chi connectivity index (χ4v) is 1.98. The molecular formula is C15H12F2N4O3. The zero-order chi connectivity index (χ0) is 17.1. The molecule has 0 bridgehead atoms. The lowest BCUT2D eigenvalue weighted by Gasteiger charge is -2.03. The van der Waals surface area contributed by atoms with E-state index in [0.29, 0.717) is 6.61 Å². The smallest absolute Gasteiger partial charge is 0.278 e. The molecule has 0 N–H and O–H groups in total. The van der Waals surface area contributed by atoms with Gasteiger partial charge in [-0.1, -0.05) is 5.16 Å². The summed E-state index contributed by atoms with van der Waals surface area (Å²) in [5, 5.41) is 7.83. The Balaban J connectivity index is 1.93. The van der Waals surface area contributed by atoms with Gasteiger partial charge in [-0.15, -0.1) is 0 Å². The molecule has 0 fully saturated rings. The zero-order valence-electron chi connectivity index (χ0n) is 12.6. The van der Waals surface area contributed by atoms with Gasteiger partial charge in [-0.3, -0.25) is 4.79 Å². The number of ether oxygens (including phenoxy) is 1. The van der Waals surface area contributed by atoms with E-state index in [1.165, 1.54) is 30.0 Å². The monoisotopic (exact) mass is 334 g/mol. The van der Waals surface area contributed by atoms with Crippen LogP contribution in [0.1, 0.15) is 0 Å². The Morgan fingerprint density at radius 2 is 2.04 bits per heavy atom. The molecule has 3 aromatic rings. The summed E-state index contributed by atoms with van der Waals surface area (Å²) >= 11 is 0. The summed E-state index contributed by atoms with van der Waals surface area (Å²) in [5.41, 5.74) is 0.250. The van der Waals surface area contributed by atoms with Crippen LogP contribution in [0.15, 0.2) is 39.6 Å². The Bertz CT molecular complexity index is 923. The summed E-state index contributed by atoms with van der Waals surface area (Å²) in [6.45, 7) is 0.591. The highest BCUT2D eigenvalue weighted by Crippen LogP contribution is 2.21. The minimum atomic E-state index is -1.01. The quantitative estimate of drug-likeness (QED) is 0.708. The van der Waals surface area contributed by atoms with E-state index in [2.05, 4.69) is 15.2 Å². The van der Waals surface area contributed by atoms with Crippen molar-refractivity contribution in [2.75, 3.05) is 13.7 Å². The number of rotatable bonds is 5. The van der Waals surface area contributed by atoms with Crippen molar-refractivity contribution in [1.82, 2.24) is 19.9 Å². The molecule has 9 heteroatoms. The van der Waals surface area contributed by atoms with E-state index >= 15 is 0 Å². The summed E-state index contributed by atoms with van der Waals surface area (Å²) in [6, 6.07) is 6.04. The van der Waals surface area contributed by atoms with Gasteiger partial charge in [0.05, 0.1) is 13.2 Å². The van der Waals surface area contributed by atoms with Gasteiger partial charge in [0.25, 0.3) is 11.4 Å². The van der Waals surface area contributed by atoms with Crippen molar-refractivity contribution < 1.29 is 18.0 Å². The van der Waals surface area contributed by atoms with Crippen molar-refractivity contribution in [1.29, 1.82) is 0 Å². The molecular weight excluding hydrogens is 322 g/mol. The first-order valence-corrected chi connectivity index (χ1v) is 6.95. The molecule has 1 aromatic carbocycles. The van der Waals surface area contributed by atoms with Crippen LogP contribution < -0.4 is 5.56 Å². The minimum Gasteiger partial charge on any atom is -0.383 e. The van der Waals surface area contributed by atoms with Crippen LogP contribution in [0.5, 0.6) is 0 Å². The molecule has 7 nitrogen and oxygen atoms in total. The highest BCUT2D eigenvalue weighted by Gasteiger charge is 2.14. The summed E-state index contributed by atoms with van der Waals surface area (Å²) in [7, 11) is 1.51. The Kier molecular flexibility index (Phi) is 4.43. The highest BCUT2D eigenvalue weighted by atomic mass is 19.2. The summed E-state index contributed by atoms with van der Waals surface area (Å²) < 4.78 is 37.5. The molecule has 124 valence electrons. The Morgan fingerprint density at radius 1 is 1.21 bits per heavy atom. The predicted octanol–water partition coefficient (Wildman–Crippen LogP) is 1.88. The van der Waals surface area contributed by atoms with E-state index in [1.807, 2.05) is 0 Å². The maximum atomic E-state index is 13.3. The molecule has 0 saturated carbocycles. The van der Waals surface area contributed by atoms with Gasteiger partial charge in [0.1, 0.15) is 5.69 Å². The van der Waals surface area contributed by atoms with E-state index in [9.17, 15) is 13.6 Å². The maximum Gasteiger partial charge on any atom is 0.278 e. The molecule has 24 heavy (non-hydrogen) atoms. The first-order chi connectivity index (χ1) is 11.6. The first-order valence-electron chi connectivity index (χ1n) is 6.95. The van der Waals surface area contributed by atoms with Crippen LogP contribution in [0.4, 0.5) is 8.78 Å². The van der Waals surface area contributed by atoms with Gasteiger partial charge in [0, 0.05) is 18.7 Å². The van der Waals surface area contributed by atoms with Crippen LogP contribution in [0, 0.1) is 11.6 Å². The molecule has 0 aliphatic rings. The number of halogens is 2. The van der Waals surface area contributed by atoms with Gasteiger partial charge in [-0.2, -0.15) is 10.1 Å². The van der Waals surface area contributed by atoms with Gasteiger partial charge in [-0.05, 0) is 24.3 Å². The standard InChI is InChI=1S/C15H12F2N4O3/c1-23-7-6-21-13(22)5-4-12(19-21)15-18-14(20-24-15)9-2-3-10(16)11(17)8-9/h2-5,8H,6-7H2,1H3. The third kappa shape index (κ3) is 3.20. The molecule has 2 aromatic heterocycles. The summed E-state index contributed by atoms with van der Waals surface area (Å²) in [4.78, 5) is 15.8. The minimum absolute atomic E-state index is 0.0564. The van der Waals surface area contributed by atoms with Crippen molar-refractivity contribution in [3.05, 3.63) is 52.3 Å². The molecule has 0 unspecified atom stereocenters. The van der Waals surface area contributed by atoms with Crippen LogP contribution in [0.25, 0.3) is 23.0 Å². The second-order valence-corrected chi connectivity index (χ2v) is 4.82. The molecule has 3 rings (SSSR count). The van der Waals surface area contributed by atoms with Gasteiger partial charge in [0.2, 0.25) is 5.82 Å². The van der Waals surface area contributed by atoms with Crippen molar-refractivity contribution in [2.24, 2.45) is 0 Å². The van der Waals surface area contributed by atoms with E-state index in [1.54, 1.807) is 0 Å². The predicted molar refractivity (Wildman–Crippen MR) is 79.0 cm³/mol. The molecule has 0 saturated heterocycles. The zero-order valence-corrected chi connectivity index (χ0v) is 12.6. The lowest BCUT2D eigenvalue weighted by Crippen LogP contribution is -2.24. The number of benzene rings is 1. The lowest BCUT2D eigenvalue weighted by molar-refractivity contribution is 0.182. The van der Waals surface area contributed by atoms with Gasteiger partial charge < -0.3 is 9.26 Å². The van der Waals surface area contributed by atoms with E-state index in [-0.39, 0.29) is 35.1 Å². The number of hydrogen-bond donors (Lipinski definition) is 0. The molecule has 0 aliphatic heterocycles. The number of nitrogens with zero attached hydrogens (tertiary/aromatic N) is 4. The first kappa shape index (κ1) is 15.9. The van der Waals surface area contributed by atoms with E-state index in [4.69, 9.17) is 9.26 Å². The SMILES string of the molecule is COCCn1nc(-c2nc(-c3ccc(F)c(F)c3)no2)ccc1=O. The summed E-state index contributed by atoms with van der Waals surface area (Å²) in [5.74, 6) is -1.83.